The van der Waals surface area contributed by atoms with E-state index in [0.717, 1.165) is 22.4 Å². The Labute approximate surface area is 190 Å². The summed E-state index contributed by atoms with van der Waals surface area (Å²) in [4.78, 5) is 12.5. The van der Waals surface area contributed by atoms with Crippen LogP contribution in [-0.2, 0) is 4.79 Å². The van der Waals surface area contributed by atoms with Crippen LogP contribution in [0.4, 0.5) is 10.1 Å². The molecule has 0 aliphatic carbocycles. The molecule has 0 aliphatic heterocycles. The molecule has 1 amide bonds. The molecule has 0 atom stereocenters. The first-order chi connectivity index (χ1) is 15.4. The van der Waals surface area contributed by atoms with Gasteiger partial charge in [0.2, 0.25) is 5.91 Å². The molecule has 0 bridgehead atoms. The Bertz CT molecular complexity index is 1270. The zero-order valence-electron chi connectivity index (χ0n) is 18.1. The second-order valence-electron chi connectivity index (χ2n) is 7.65. The molecule has 0 spiro atoms. The van der Waals surface area contributed by atoms with E-state index in [2.05, 4.69) is 21.6 Å². The van der Waals surface area contributed by atoms with Gasteiger partial charge in [0.15, 0.2) is 11.0 Å². The number of amides is 1. The second-order valence-corrected chi connectivity index (χ2v) is 8.59. The van der Waals surface area contributed by atoms with Crippen LogP contribution in [0, 0.1) is 26.6 Å². The van der Waals surface area contributed by atoms with Crippen LogP contribution in [0.1, 0.15) is 16.7 Å². The topological polar surface area (TPSA) is 59.8 Å². The van der Waals surface area contributed by atoms with Gasteiger partial charge in [0.25, 0.3) is 0 Å². The fourth-order valence-corrected chi connectivity index (χ4v) is 4.01. The smallest absolute Gasteiger partial charge is 0.234 e. The van der Waals surface area contributed by atoms with E-state index >= 15 is 0 Å². The fraction of sp³-hybridized carbons (Fsp3) is 0.160. The van der Waals surface area contributed by atoms with Gasteiger partial charge >= 0.3 is 0 Å². The van der Waals surface area contributed by atoms with Crippen molar-refractivity contribution in [2.24, 2.45) is 0 Å². The van der Waals surface area contributed by atoms with Crippen molar-refractivity contribution in [3.05, 3.63) is 89.2 Å². The Kier molecular flexibility index (Phi) is 6.37. The molecule has 0 saturated heterocycles. The van der Waals surface area contributed by atoms with Crippen LogP contribution in [0.25, 0.3) is 17.1 Å². The number of thioether (sulfide) groups is 1. The van der Waals surface area contributed by atoms with E-state index in [9.17, 15) is 9.18 Å². The highest BCUT2D eigenvalue weighted by atomic mass is 32.2. The number of nitrogens with one attached hydrogen (secondary N) is 1. The van der Waals surface area contributed by atoms with Crippen molar-refractivity contribution in [1.29, 1.82) is 0 Å². The largest absolute Gasteiger partial charge is 0.325 e. The molecule has 5 nitrogen and oxygen atoms in total. The molecule has 0 saturated carbocycles. The van der Waals surface area contributed by atoms with E-state index < -0.39 is 0 Å². The van der Waals surface area contributed by atoms with E-state index in [-0.39, 0.29) is 17.5 Å². The Balaban J connectivity index is 1.60. The molecule has 1 N–H and O–H groups in total. The summed E-state index contributed by atoms with van der Waals surface area (Å²) < 4.78 is 15.7. The summed E-state index contributed by atoms with van der Waals surface area (Å²) >= 11 is 1.28. The zero-order valence-corrected chi connectivity index (χ0v) is 18.9. The zero-order chi connectivity index (χ0) is 22.7. The quantitative estimate of drug-likeness (QED) is 0.384. The summed E-state index contributed by atoms with van der Waals surface area (Å²) in [5.41, 5.74) is 5.11. The van der Waals surface area contributed by atoms with E-state index in [4.69, 9.17) is 0 Å². The average Bonchev–Trinajstić information content (AvgIpc) is 3.19. The molecule has 0 aliphatic rings. The van der Waals surface area contributed by atoms with Crippen molar-refractivity contribution in [2.75, 3.05) is 11.1 Å². The number of nitrogens with zero attached hydrogens (tertiary/aromatic N) is 3. The Morgan fingerprint density at radius 1 is 0.969 bits per heavy atom. The molecule has 0 unspecified atom stereocenters. The molecule has 4 rings (SSSR count). The molecule has 1 heterocycles. The number of hydrogen-bond donors (Lipinski definition) is 1. The second kappa shape index (κ2) is 9.36. The van der Waals surface area contributed by atoms with Gasteiger partial charge in [-0.05, 0) is 56.7 Å². The first-order valence-corrected chi connectivity index (χ1v) is 11.2. The highest BCUT2D eigenvalue weighted by Crippen LogP contribution is 2.28. The molecule has 0 fully saturated rings. The summed E-state index contributed by atoms with van der Waals surface area (Å²) in [7, 11) is 0. The average molecular weight is 447 g/mol. The highest BCUT2D eigenvalue weighted by Gasteiger charge is 2.17. The number of carbonyl (C=O) groups is 1. The van der Waals surface area contributed by atoms with Crippen molar-refractivity contribution in [1.82, 2.24) is 14.8 Å². The van der Waals surface area contributed by atoms with Crippen LogP contribution in [0.3, 0.4) is 0 Å². The number of aromatic nitrogens is 3. The Morgan fingerprint density at radius 3 is 2.47 bits per heavy atom. The number of hydrogen-bond acceptors (Lipinski definition) is 4. The Morgan fingerprint density at radius 2 is 1.75 bits per heavy atom. The van der Waals surface area contributed by atoms with Crippen molar-refractivity contribution in [3.8, 4) is 17.1 Å². The van der Waals surface area contributed by atoms with Crippen LogP contribution in [-0.4, -0.2) is 26.4 Å². The van der Waals surface area contributed by atoms with Gasteiger partial charge in [-0.3, -0.25) is 9.36 Å². The summed E-state index contributed by atoms with van der Waals surface area (Å²) in [6.07, 6.45) is 0. The highest BCUT2D eigenvalue weighted by molar-refractivity contribution is 7.99. The van der Waals surface area contributed by atoms with Crippen LogP contribution in [0.5, 0.6) is 0 Å². The van der Waals surface area contributed by atoms with E-state index in [0.29, 0.717) is 22.2 Å². The molecule has 7 heteroatoms. The standard InChI is InChI=1S/C25H23FN4OS/c1-16-7-11-21(12-8-16)30-24(19-6-4-5-17(2)13-19)28-29-25(30)32-15-23(31)27-20-10-9-18(3)22(26)14-20/h4-14H,15H2,1-3H3,(H,27,31). The third-order valence-corrected chi connectivity index (χ3v) is 5.92. The molecule has 162 valence electrons. The lowest BCUT2D eigenvalue weighted by molar-refractivity contribution is -0.113. The summed E-state index contributed by atoms with van der Waals surface area (Å²) in [6.45, 7) is 5.75. The normalized spacial score (nSPS) is 10.9. The number of rotatable bonds is 6. The van der Waals surface area contributed by atoms with Crippen molar-refractivity contribution in [2.45, 2.75) is 25.9 Å². The molecule has 4 aromatic rings. The number of anilines is 1. The van der Waals surface area contributed by atoms with Gasteiger partial charge in [-0.25, -0.2) is 4.39 Å². The number of benzene rings is 3. The molecule has 32 heavy (non-hydrogen) atoms. The van der Waals surface area contributed by atoms with Crippen LogP contribution in [0.2, 0.25) is 0 Å². The molecule has 3 aromatic carbocycles. The van der Waals surface area contributed by atoms with Gasteiger partial charge in [0.05, 0.1) is 5.75 Å². The van der Waals surface area contributed by atoms with Crippen LogP contribution < -0.4 is 5.32 Å². The van der Waals surface area contributed by atoms with E-state index in [1.54, 1.807) is 19.1 Å². The summed E-state index contributed by atoms with van der Waals surface area (Å²) in [6, 6.07) is 20.8. The molecular weight excluding hydrogens is 423 g/mol. The molecule has 0 radical (unpaired) electrons. The molecule has 1 aromatic heterocycles. The summed E-state index contributed by atoms with van der Waals surface area (Å²) in [5.74, 6) is 0.236. The van der Waals surface area contributed by atoms with Crippen LogP contribution >= 0.6 is 11.8 Å². The maximum Gasteiger partial charge on any atom is 0.234 e. The van der Waals surface area contributed by atoms with Crippen molar-refractivity contribution in [3.63, 3.8) is 0 Å². The SMILES string of the molecule is Cc1ccc(-n2c(SCC(=O)Nc3ccc(C)c(F)c3)nnc2-c2cccc(C)c2)cc1. The minimum atomic E-state index is -0.350. The first-order valence-electron chi connectivity index (χ1n) is 10.2. The minimum absolute atomic E-state index is 0.118. The van der Waals surface area contributed by atoms with Crippen molar-refractivity contribution < 1.29 is 9.18 Å². The number of halogens is 1. The van der Waals surface area contributed by atoms with Gasteiger partial charge < -0.3 is 5.32 Å². The monoisotopic (exact) mass is 446 g/mol. The maximum absolute atomic E-state index is 13.8. The van der Waals surface area contributed by atoms with Crippen LogP contribution in [0.15, 0.2) is 71.9 Å². The molecular formula is C25H23FN4OS. The van der Waals surface area contributed by atoms with Gasteiger partial charge in [-0.2, -0.15) is 0 Å². The maximum atomic E-state index is 13.8. The third-order valence-electron chi connectivity index (χ3n) is 4.99. The number of aryl methyl sites for hydroxylation is 3. The predicted octanol–water partition coefficient (Wildman–Crippen LogP) is 5.73. The summed E-state index contributed by atoms with van der Waals surface area (Å²) in [5, 5.41) is 12.1. The predicted molar refractivity (Wildman–Crippen MR) is 127 cm³/mol. The lowest BCUT2D eigenvalue weighted by atomic mass is 10.1. The third kappa shape index (κ3) is 4.89. The Hall–Kier alpha value is -3.45. The fourth-order valence-electron chi connectivity index (χ4n) is 3.26. The first kappa shape index (κ1) is 21.8. The lowest BCUT2D eigenvalue weighted by Crippen LogP contribution is -2.14. The lowest BCUT2D eigenvalue weighted by Gasteiger charge is -2.11. The number of carbonyl (C=O) groups excluding carboxylic acids is 1. The van der Waals surface area contributed by atoms with Gasteiger partial charge in [-0.15, -0.1) is 10.2 Å². The van der Waals surface area contributed by atoms with Gasteiger partial charge in [0, 0.05) is 16.9 Å². The van der Waals surface area contributed by atoms with E-state index in [1.807, 2.05) is 60.9 Å². The van der Waals surface area contributed by atoms with Gasteiger partial charge in [0.1, 0.15) is 5.82 Å². The minimum Gasteiger partial charge on any atom is -0.325 e. The van der Waals surface area contributed by atoms with Crippen molar-refractivity contribution >= 4 is 23.4 Å². The van der Waals surface area contributed by atoms with Gasteiger partial charge in [-0.1, -0.05) is 59.3 Å². The van der Waals surface area contributed by atoms with E-state index in [1.165, 1.54) is 17.8 Å².